The zero-order chi connectivity index (χ0) is 13.7. The number of benzene rings is 1. The van der Waals surface area contributed by atoms with Gasteiger partial charge in [-0.05, 0) is 47.0 Å². The molecular formula is C15H18N2OS. The highest BCUT2D eigenvalue weighted by atomic mass is 32.1. The molecule has 0 aliphatic rings. The Kier molecular flexibility index (Phi) is 4.71. The predicted octanol–water partition coefficient (Wildman–Crippen LogP) is 3.56. The van der Waals surface area contributed by atoms with Crippen LogP contribution >= 0.6 is 11.3 Å². The number of anilines is 1. The van der Waals surface area contributed by atoms with Gasteiger partial charge in [0.25, 0.3) is 0 Å². The molecule has 0 fully saturated rings. The first kappa shape index (κ1) is 13.8. The molecule has 100 valence electrons. The number of hydrogen-bond donors (Lipinski definition) is 2. The molecule has 0 unspecified atom stereocenters. The lowest BCUT2D eigenvalue weighted by Gasteiger charge is -2.15. The monoisotopic (exact) mass is 274 g/mol. The van der Waals surface area contributed by atoms with E-state index in [1.54, 1.807) is 11.3 Å². The Labute approximate surface area is 117 Å². The second kappa shape index (κ2) is 6.50. The van der Waals surface area contributed by atoms with Crippen LogP contribution in [0.15, 0.2) is 41.1 Å². The quantitative estimate of drug-likeness (QED) is 0.875. The van der Waals surface area contributed by atoms with E-state index >= 15 is 0 Å². The highest BCUT2D eigenvalue weighted by Crippen LogP contribution is 2.18. The van der Waals surface area contributed by atoms with Gasteiger partial charge in [-0.2, -0.15) is 11.3 Å². The fraction of sp³-hybridized carbons (Fsp3) is 0.267. The number of carbonyl (C=O) groups excluding carboxylic acids is 1. The van der Waals surface area contributed by atoms with Crippen molar-refractivity contribution in [2.45, 2.75) is 26.4 Å². The Morgan fingerprint density at radius 1 is 1.37 bits per heavy atom. The van der Waals surface area contributed by atoms with Crippen molar-refractivity contribution in [3.8, 4) is 0 Å². The summed E-state index contributed by atoms with van der Waals surface area (Å²) >= 11 is 1.71. The first-order valence-electron chi connectivity index (χ1n) is 6.27. The Balaban J connectivity index is 1.98. The van der Waals surface area contributed by atoms with Crippen LogP contribution in [0, 0.1) is 0 Å². The molecule has 0 radical (unpaired) electrons. The van der Waals surface area contributed by atoms with Crippen LogP contribution in [-0.2, 0) is 11.3 Å². The van der Waals surface area contributed by atoms with Gasteiger partial charge in [0.2, 0.25) is 5.91 Å². The molecule has 2 N–H and O–H groups in total. The van der Waals surface area contributed by atoms with Crippen LogP contribution in [0.5, 0.6) is 0 Å². The van der Waals surface area contributed by atoms with Gasteiger partial charge < -0.3 is 10.6 Å². The van der Waals surface area contributed by atoms with Crippen molar-refractivity contribution in [1.29, 1.82) is 0 Å². The van der Waals surface area contributed by atoms with E-state index in [-0.39, 0.29) is 11.9 Å². The van der Waals surface area contributed by atoms with Crippen molar-refractivity contribution in [3.63, 3.8) is 0 Å². The lowest BCUT2D eigenvalue weighted by molar-refractivity contribution is -0.114. The molecule has 0 saturated heterocycles. The van der Waals surface area contributed by atoms with Crippen molar-refractivity contribution >= 4 is 22.9 Å². The maximum absolute atomic E-state index is 11.0. The lowest BCUT2D eigenvalue weighted by atomic mass is 10.1. The van der Waals surface area contributed by atoms with E-state index < -0.39 is 0 Å². The third kappa shape index (κ3) is 4.19. The molecule has 0 aliphatic carbocycles. The summed E-state index contributed by atoms with van der Waals surface area (Å²) < 4.78 is 0. The van der Waals surface area contributed by atoms with Crippen molar-refractivity contribution in [1.82, 2.24) is 5.32 Å². The molecule has 1 amide bonds. The second-order valence-corrected chi connectivity index (χ2v) is 5.32. The summed E-state index contributed by atoms with van der Waals surface area (Å²) in [6, 6.07) is 10.3. The number of thiophene rings is 1. The number of nitrogens with one attached hydrogen (secondary N) is 2. The van der Waals surface area contributed by atoms with Crippen molar-refractivity contribution < 1.29 is 4.79 Å². The normalized spacial score (nSPS) is 12.1. The maximum atomic E-state index is 11.0. The Hall–Kier alpha value is -1.65. The van der Waals surface area contributed by atoms with E-state index in [0.717, 1.165) is 12.2 Å². The van der Waals surface area contributed by atoms with Crippen LogP contribution in [-0.4, -0.2) is 5.91 Å². The number of amides is 1. The maximum Gasteiger partial charge on any atom is 0.221 e. The standard InChI is InChI=1S/C15H18N2OS/c1-11(16-9-13-6-7-19-10-13)14-4-3-5-15(8-14)17-12(2)18/h3-8,10-11,16H,9H2,1-2H3,(H,17,18)/t11-/m0/s1. The molecule has 2 aromatic rings. The molecule has 1 aromatic carbocycles. The molecule has 4 heteroatoms. The van der Waals surface area contributed by atoms with Gasteiger partial charge in [-0.3, -0.25) is 4.79 Å². The Bertz CT molecular complexity index is 537. The van der Waals surface area contributed by atoms with E-state index in [4.69, 9.17) is 0 Å². The molecule has 1 atom stereocenters. The molecule has 0 spiro atoms. The van der Waals surface area contributed by atoms with Crippen LogP contribution in [0.4, 0.5) is 5.69 Å². The largest absolute Gasteiger partial charge is 0.326 e. The SMILES string of the molecule is CC(=O)Nc1cccc([C@H](C)NCc2ccsc2)c1. The van der Waals surface area contributed by atoms with Gasteiger partial charge >= 0.3 is 0 Å². The summed E-state index contributed by atoms with van der Waals surface area (Å²) in [6.07, 6.45) is 0. The smallest absolute Gasteiger partial charge is 0.221 e. The second-order valence-electron chi connectivity index (χ2n) is 4.54. The molecule has 1 aromatic heterocycles. The predicted molar refractivity (Wildman–Crippen MR) is 80.3 cm³/mol. The van der Waals surface area contributed by atoms with E-state index in [1.807, 2.05) is 18.2 Å². The fourth-order valence-electron chi connectivity index (χ4n) is 1.87. The highest BCUT2D eigenvalue weighted by molar-refractivity contribution is 7.07. The summed E-state index contributed by atoms with van der Waals surface area (Å²) in [4.78, 5) is 11.0. The third-order valence-electron chi connectivity index (χ3n) is 2.90. The van der Waals surface area contributed by atoms with Crippen molar-refractivity contribution in [3.05, 3.63) is 52.2 Å². The Morgan fingerprint density at radius 2 is 2.21 bits per heavy atom. The zero-order valence-electron chi connectivity index (χ0n) is 11.1. The summed E-state index contributed by atoms with van der Waals surface area (Å²) in [7, 11) is 0. The summed E-state index contributed by atoms with van der Waals surface area (Å²) in [6.45, 7) is 4.50. The molecular weight excluding hydrogens is 256 g/mol. The number of hydrogen-bond acceptors (Lipinski definition) is 3. The van der Waals surface area contributed by atoms with E-state index in [1.165, 1.54) is 18.1 Å². The summed E-state index contributed by atoms with van der Waals surface area (Å²) in [5, 5.41) is 10.5. The molecule has 0 aliphatic heterocycles. The van der Waals surface area contributed by atoms with E-state index in [0.29, 0.717) is 0 Å². The van der Waals surface area contributed by atoms with Gasteiger partial charge in [0.1, 0.15) is 0 Å². The van der Waals surface area contributed by atoms with Crippen LogP contribution in [0.25, 0.3) is 0 Å². The molecule has 1 heterocycles. The number of rotatable bonds is 5. The average Bonchev–Trinajstić information content (AvgIpc) is 2.88. The zero-order valence-corrected chi connectivity index (χ0v) is 12.0. The summed E-state index contributed by atoms with van der Waals surface area (Å²) in [5.74, 6) is -0.0453. The fourth-order valence-corrected chi connectivity index (χ4v) is 2.54. The van der Waals surface area contributed by atoms with Crippen LogP contribution in [0.2, 0.25) is 0 Å². The van der Waals surface area contributed by atoms with Crippen LogP contribution in [0.1, 0.15) is 31.0 Å². The first-order chi connectivity index (χ1) is 9.15. The van der Waals surface area contributed by atoms with Gasteiger partial charge in [-0.1, -0.05) is 12.1 Å². The lowest BCUT2D eigenvalue weighted by Crippen LogP contribution is -2.18. The molecule has 19 heavy (non-hydrogen) atoms. The minimum Gasteiger partial charge on any atom is -0.326 e. The minimum atomic E-state index is -0.0453. The Morgan fingerprint density at radius 3 is 2.89 bits per heavy atom. The van der Waals surface area contributed by atoms with Crippen LogP contribution in [0.3, 0.4) is 0 Å². The van der Waals surface area contributed by atoms with E-state index in [2.05, 4.69) is 40.5 Å². The summed E-state index contributed by atoms with van der Waals surface area (Å²) in [5.41, 5.74) is 3.31. The van der Waals surface area contributed by atoms with Gasteiger partial charge in [-0.25, -0.2) is 0 Å². The highest BCUT2D eigenvalue weighted by Gasteiger charge is 2.06. The molecule has 0 saturated carbocycles. The van der Waals surface area contributed by atoms with Gasteiger partial charge in [0.05, 0.1) is 0 Å². The van der Waals surface area contributed by atoms with Crippen LogP contribution < -0.4 is 10.6 Å². The van der Waals surface area contributed by atoms with Crippen molar-refractivity contribution in [2.75, 3.05) is 5.32 Å². The molecule has 3 nitrogen and oxygen atoms in total. The third-order valence-corrected chi connectivity index (χ3v) is 3.63. The van der Waals surface area contributed by atoms with Gasteiger partial charge in [-0.15, -0.1) is 0 Å². The molecule has 0 bridgehead atoms. The average molecular weight is 274 g/mol. The van der Waals surface area contributed by atoms with Crippen molar-refractivity contribution in [2.24, 2.45) is 0 Å². The first-order valence-corrected chi connectivity index (χ1v) is 7.21. The minimum absolute atomic E-state index is 0.0453. The number of carbonyl (C=O) groups is 1. The van der Waals surface area contributed by atoms with E-state index in [9.17, 15) is 4.79 Å². The van der Waals surface area contributed by atoms with Gasteiger partial charge in [0.15, 0.2) is 0 Å². The molecule has 2 rings (SSSR count). The topological polar surface area (TPSA) is 41.1 Å². The van der Waals surface area contributed by atoms with Gasteiger partial charge in [0, 0.05) is 25.2 Å².